The van der Waals surface area contributed by atoms with E-state index < -0.39 is 12.0 Å². The fourth-order valence-electron chi connectivity index (χ4n) is 4.43. The van der Waals surface area contributed by atoms with Gasteiger partial charge in [0.1, 0.15) is 0 Å². The Kier molecular flexibility index (Phi) is 8.33. The molecule has 3 aromatic rings. The first-order valence-corrected chi connectivity index (χ1v) is 12.4. The number of amides is 1. The molecule has 188 valence electrons. The molecule has 1 aliphatic heterocycles. The summed E-state index contributed by atoms with van der Waals surface area (Å²) in [5.74, 6) is -0.544. The highest BCUT2D eigenvalue weighted by Gasteiger charge is 2.34. The average molecular weight is 562 g/mol. The normalized spacial score (nSPS) is 21.2. The highest BCUT2D eigenvalue weighted by Crippen LogP contribution is 2.36. The van der Waals surface area contributed by atoms with Crippen molar-refractivity contribution in [3.05, 3.63) is 62.1 Å². The molecule has 0 saturated carbocycles. The molecule has 0 aliphatic carbocycles. The van der Waals surface area contributed by atoms with Gasteiger partial charge >= 0.3 is 0 Å². The number of halogens is 4. The van der Waals surface area contributed by atoms with Crippen LogP contribution in [0.3, 0.4) is 0 Å². The summed E-state index contributed by atoms with van der Waals surface area (Å²) in [5.41, 5.74) is 1.90. The van der Waals surface area contributed by atoms with Crippen LogP contribution in [-0.4, -0.2) is 57.2 Å². The van der Waals surface area contributed by atoms with Crippen molar-refractivity contribution in [3.8, 4) is 11.3 Å². The molecule has 12 heteroatoms. The molecule has 3 heterocycles. The van der Waals surface area contributed by atoms with Crippen molar-refractivity contribution in [2.45, 2.75) is 36.9 Å². The maximum Gasteiger partial charge on any atom is 0.287 e. The number of piperidine rings is 1. The third-order valence-corrected chi connectivity index (χ3v) is 7.46. The lowest BCUT2D eigenvalue weighted by Crippen LogP contribution is -2.54. The predicted octanol–water partition coefficient (Wildman–Crippen LogP) is 4.28. The Labute approximate surface area is 222 Å². The number of rotatable bonds is 7. The van der Waals surface area contributed by atoms with Crippen LogP contribution in [0, 0.1) is 0 Å². The van der Waals surface area contributed by atoms with E-state index >= 15 is 0 Å². The van der Waals surface area contributed by atoms with Crippen molar-refractivity contribution < 1.29 is 19.4 Å². The molecule has 1 fully saturated rings. The number of aliphatic hydroxyl groups is 2. The number of carbonyl (C=O) groups is 1. The zero-order valence-electron chi connectivity index (χ0n) is 18.6. The summed E-state index contributed by atoms with van der Waals surface area (Å²) in [6.45, 7) is 0.104. The smallest absolute Gasteiger partial charge is 0.287 e. The van der Waals surface area contributed by atoms with E-state index in [9.17, 15) is 15.0 Å². The van der Waals surface area contributed by atoms with E-state index in [1.54, 1.807) is 23.9 Å². The highest BCUT2D eigenvalue weighted by molar-refractivity contribution is 6.42. The van der Waals surface area contributed by atoms with E-state index in [1.807, 2.05) is 6.07 Å². The van der Waals surface area contributed by atoms with Crippen LogP contribution in [0.25, 0.3) is 11.3 Å². The van der Waals surface area contributed by atoms with Crippen LogP contribution < -0.4 is 10.6 Å². The Morgan fingerprint density at radius 2 is 2.03 bits per heavy atom. The van der Waals surface area contributed by atoms with Crippen molar-refractivity contribution in [3.63, 3.8) is 0 Å². The van der Waals surface area contributed by atoms with Gasteiger partial charge in [0.25, 0.3) is 5.91 Å². The minimum atomic E-state index is -0.837. The molecule has 0 spiro atoms. The van der Waals surface area contributed by atoms with Gasteiger partial charge < -0.3 is 25.3 Å². The van der Waals surface area contributed by atoms with E-state index in [2.05, 4.69) is 15.7 Å². The summed E-state index contributed by atoms with van der Waals surface area (Å²) >= 11 is 24.9. The summed E-state index contributed by atoms with van der Waals surface area (Å²) < 4.78 is 7.10. The Bertz CT molecular complexity index is 1190. The number of aromatic nitrogens is 2. The molecule has 35 heavy (non-hydrogen) atoms. The lowest BCUT2D eigenvalue weighted by Gasteiger charge is -2.38. The molecule has 0 bridgehead atoms. The Hall–Kier alpha value is -1.78. The van der Waals surface area contributed by atoms with Crippen molar-refractivity contribution >= 4 is 52.3 Å². The van der Waals surface area contributed by atoms with Gasteiger partial charge in [-0.2, -0.15) is 5.10 Å². The summed E-state index contributed by atoms with van der Waals surface area (Å²) in [6, 6.07) is 6.51. The number of hydrogen-bond donors (Lipinski definition) is 4. The molecule has 1 aromatic carbocycles. The van der Waals surface area contributed by atoms with E-state index in [0.717, 1.165) is 5.56 Å². The number of aliphatic hydroxyl groups excluding tert-OH is 2. The zero-order chi connectivity index (χ0) is 25.3. The van der Waals surface area contributed by atoms with E-state index in [1.165, 1.54) is 12.3 Å². The lowest BCUT2D eigenvalue weighted by molar-refractivity contribution is 0.0714. The van der Waals surface area contributed by atoms with Gasteiger partial charge in [0.15, 0.2) is 5.76 Å². The van der Waals surface area contributed by atoms with Crippen LogP contribution in [0.15, 0.2) is 34.9 Å². The molecule has 0 radical (unpaired) electrons. The van der Waals surface area contributed by atoms with Crippen LogP contribution >= 0.6 is 46.4 Å². The van der Waals surface area contributed by atoms with Gasteiger partial charge in [-0.1, -0.05) is 40.9 Å². The van der Waals surface area contributed by atoms with Crippen LogP contribution in [0.2, 0.25) is 20.3 Å². The fourth-order valence-corrected chi connectivity index (χ4v) is 5.23. The quantitative estimate of drug-likeness (QED) is 0.342. The van der Waals surface area contributed by atoms with Gasteiger partial charge in [0.2, 0.25) is 5.22 Å². The summed E-state index contributed by atoms with van der Waals surface area (Å²) in [7, 11) is 1.71. The third kappa shape index (κ3) is 5.80. The molecule has 1 saturated heterocycles. The topological polar surface area (TPSA) is 113 Å². The first-order valence-electron chi connectivity index (χ1n) is 10.9. The number of nitrogens with one attached hydrogen (secondary N) is 2. The van der Waals surface area contributed by atoms with Gasteiger partial charge in [0, 0.05) is 37.7 Å². The molecule has 1 amide bonds. The Balaban J connectivity index is 1.57. The van der Waals surface area contributed by atoms with Gasteiger partial charge in [-0.15, -0.1) is 0 Å². The first-order chi connectivity index (χ1) is 16.7. The Morgan fingerprint density at radius 1 is 1.26 bits per heavy atom. The number of carbonyl (C=O) groups excluding carboxylic acids is 1. The minimum absolute atomic E-state index is 0.0292. The maximum absolute atomic E-state index is 13.2. The average Bonchev–Trinajstić information content (AvgIpc) is 3.37. The van der Waals surface area contributed by atoms with Gasteiger partial charge in [-0.05, 0) is 42.1 Å². The number of benzene rings is 1. The molecule has 4 N–H and O–H groups in total. The number of hydrogen-bond acceptors (Lipinski definition) is 6. The molecule has 8 nitrogen and oxygen atoms in total. The van der Waals surface area contributed by atoms with Crippen molar-refractivity contribution in [1.82, 2.24) is 20.4 Å². The largest absolute Gasteiger partial charge is 0.439 e. The van der Waals surface area contributed by atoms with Gasteiger partial charge in [-0.3, -0.25) is 9.48 Å². The Morgan fingerprint density at radius 3 is 2.69 bits per heavy atom. The standard InChI is InChI=1S/C23H24Cl4N4O4/c1-31-21(18(26)8-29-31)15-7-20(35-22(15)27)23(34)30-19-9-28-12(5-13(33)10-32)6-14(19)11-2-3-16(24)17(25)4-11/h2-4,7-8,12-14,19,28,32-33H,5-6,9-10H2,1H3,(H,30,34)/t12?,13?,14-,19+/m0/s1. The van der Waals surface area contributed by atoms with E-state index in [0.29, 0.717) is 45.7 Å². The first kappa shape index (κ1) is 26.3. The summed E-state index contributed by atoms with van der Waals surface area (Å²) in [4.78, 5) is 13.2. The van der Waals surface area contributed by atoms with Crippen molar-refractivity contribution in [2.24, 2.45) is 7.05 Å². The van der Waals surface area contributed by atoms with Crippen molar-refractivity contribution in [2.75, 3.05) is 13.2 Å². The van der Waals surface area contributed by atoms with Gasteiger partial charge in [-0.25, -0.2) is 0 Å². The minimum Gasteiger partial charge on any atom is -0.439 e. The number of aryl methyl sites for hydroxylation is 1. The highest BCUT2D eigenvalue weighted by atomic mass is 35.5. The molecule has 4 atom stereocenters. The molecule has 2 aromatic heterocycles. The second-order valence-corrected chi connectivity index (χ2v) is 10.1. The zero-order valence-corrected chi connectivity index (χ0v) is 21.7. The molecular weight excluding hydrogens is 538 g/mol. The number of nitrogens with zero attached hydrogens (tertiary/aromatic N) is 2. The SMILES string of the molecule is Cn1ncc(Cl)c1-c1cc(C(=O)N[C@@H]2CNC(CC(O)CO)C[C@H]2c2ccc(Cl)c(Cl)c2)oc1Cl. The van der Waals surface area contributed by atoms with Crippen molar-refractivity contribution in [1.29, 1.82) is 0 Å². The fraction of sp³-hybridized carbons (Fsp3) is 0.391. The van der Waals surface area contributed by atoms with Crippen LogP contribution in [0.5, 0.6) is 0 Å². The summed E-state index contributed by atoms with van der Waals surface area (Å²) in [6.07, 6.45) is 1.61. The predicted molar refractivity (Wildman–Crippen MR) is 136 cm³/mol. The molecule has 4 rings (SSSR count). The maximum atomic E-state index is 13.2. The van der Waals surface area contributed by atoms with E-state index in [-0.39, 0.29) is 35.6 Å². The monoisotopic (exact) mass is 560 g/mol. The van der Waals surface area contributed by atoms with Crippen LogP contribution in [0.1, 0.15) is 34.9 Å². The van der Waals surface area contributed by atoms with Crippen LogP contribution in [-0.2, 0) is 7.05 Å². The van der Waals surface area contributed by atoms with Crippen LogP contribution in [0.4, 0.5) is 0 Å². The molecule has 1 aliphatic rings. The lowest BCUT2D eigenvalue weighted by atomic mass is 9.81. The molecule has 2 unspecified atom stereocenters. The second kappa shape index (κ2) is 11.1. The number of furan rings is 1. The molecular formula is C23H24Cl4N4O4. The van der Waals surface area contributed by atoms with Gasteiger partial charge in [0.05, 0.1) is 45.2 Å². The van der Waals surface area contributed by atoms with E-state index in [4.69, 9.17) is 50.8 Å². The second-order valence-electron chi connectivity index (χ2n) is 8.54. The third-order valence-electron chi connectivity index (χ3n) is 6.17. The summed E-state index contributed by atoms with van der Waals surface area (Å²) in [5, 5.41) is 30.9.